The van der Waals surface area contributed by atoms with Gasteiger partial charge in [-0.3, -0.25) is 4.79 Å². The van der Waals surface area contributed by atoms with Gasteiger partial charge in [0.25, 0.3) is 0 Å². The number of aryl methyl sites for hydroxylation is 1. The fraction of sp³-hybridized carbons (Fsp3) is 0.724. The van der Waals surface area contributed by atoms with Crippen LogP contribution in [-0.2, 0) is 32.3 Å². The van der Waals surface area contributed by atoms with E-state index in [2.05, 4.69) is 47.1 Å². The van der Waals surface area contributed by atoms with Crippen molar-refractivity contribution in [2.24, 2.45) is 0 Å². The summed E-state index contributed by atoms with van der Waals surface area (Å²) in [6.45, 7) is 7.86. The van der Waals surface area contributed by atoms with Crippen LogP contribution in [0.15, 0.2) is 24.3 Å². The van der Waals surface area contributed by atoms with E-state index in [1.54, 1.807) is 0 Å². The van der Waals surface area contributed by atoms with E-state index in [4.69, 9.17) is 4.74 Å². The minimum atomic E-state index is -3.59. The molecule has 0 radical (unpaired) electrons. The lowest BCUT2D eigenvalue weighted by Crippen LogP contribution is -2.52. The second-order valence-electron chi connectivity index (χ2n) is 10.4. The third-order valence-corrected chi connectivity index (χ3v) is 9.41. The molecule has 0 saturated heterocycles. The Kier molecular flexibility index (Phi) is 14.7. The zero-order chi connectivity index (χ0) is 27.8. The molecule has 0 aromatic heterocycles. The van der Waals surface area contributed by atoms with Gasteiger partial charge in [0, 0.05) is 13.1 Å². The first kappa shape index (κ1) is 32.1. The lowest BCUT2D eigenvalue weighted by atomic mass is 9.98. The summed E-state index contributed by atoms with van der Waals surface area (Å²) in [5, 5.41) is 8.26. The number of rotatable bonds is 17. The first-order valence-corrected chi connectivity index (χ1v) is 16.3. The number of amides is 2. The maximum absolute atomic E-state index is 13.2. The Hall–Kier alpha value is -2.13. The van der Waals surface area contributed by atoms with Crippen LogP contribution in [-0.4, -0.2) is 56.7 Å². The Morgan fingerprint density at radius 1 is 1.00 bits per heavy atom. The van der Waals surface area contributed by atoms with Crippen LogP contribution in [0.25, 0.3) is 0 Å². The Morgan fingerprint density at radius 3 is 2.34 bits per heavy atom. The van der Waals surface area contributed by atoms with Crippen molar-refractivity contribution >= 4 is 21.8 Å². The number of carbonyl (C=O) groups is 2. The van der Waals surface area contributed by atoms with E-state index >= 15 is 0 Å². The van der Waals surface area contributed by atoms with Crippen molar-refractivity contribution in [3.05, 3.63) is 35.4 Å². The van der Waals surface area contributed by atoms with E-state index in [1.165, 1.54) is 11.1 Å². The first-order chi connectivity index (χ1) is 18.3. The molecule has 0 bridgehead atoms. The summed E-state index contributed by atoms with van der Waals surface area (Å²) in [4.78, 5) is 25.7. The minimum absolute atomic E-state index is 0.180. The summed E-state index contributed by atoms with van der Waals surface area (Å²) in [5.41, 5.74) is 2.51. The Bertz CT molecular complexity index is 941. The van der Waals surface area contributed by atoms with Crippen molar-refractivity contribution in [2.45, 2.75) is 115 Å². The second kappa shape index (κ2) is 17.5. The largest absolute Gasteiger partial charge is 0.446 e. The zero-order valence-electron chi connectivity index (χ0n) is 23.6. The topological polar surface area (TPSA) is 114 Å². The number of benzene rings is 1. The molecule has 2 rings (SSSR count). The van der Waals surface area contributed by atoms with Crippen LogP contribution in [0.1, 0.15) is 96.1 Å². The molecule has 1 saturated carbocycles. The van der Waals surface area contributed by atoms with Gasteiger partial charge in [-0.1, -0.05) is 64.3 Å². The maximum Gasteiger partial charge on any atom is 0.408 e. The van der Waals surface area contributed by atoms with Gasteiger partial charge in [0.15, 0.2) is 9.84 Å². The standard InChI is InChI=1S/C29H49N3O5S/c1-4-12-26(13-5-2)38(35,36)22-27(32-29(34)37-25-16-8-7-9-17-25)28(33)31-19-11-18-30-21-24-15-10-14-23(6-3)20-24/h10,14-15,20,25-27,30H,4-9,11-13,16-19,21-22H2,1-3H3,(H,31,33)(H,32,34). The van der Waals surface area contributed by atoms with E-state index < -0.39 is 38.9 Å². The zero-order valence-corrected chi connectivity index (χ0v) is 24.4. The Morgan fingerprint density at radius 2 is 1.68 bits per heavy atom. The molecular weight excluding hydrogens is 502 g/mol. The summed E-state index contributed by atoms with van der Waals surface area (Å²) < 4.78 is 31.9. The molecule has 0 heterocycles. The highest BCUT2D eigenvalue weighted by atomic mass is 32.2. The van der Waals surface area contributed by atoms with Crippen LogP contribution in [0.2, 0.25) is 0 Å². The van der Waals surface area contributed by atoms with Gasteiger partial charge in [0.2, 0.25) is 5.91 Å². The normalized spacial score (nSPS) is 15.3. The van der Waals surface area contributed by atoms with Crippen LogP contribution in [0.3, 0.4) is 0 Å². The Labute approximate surface area is 230 Å². The van der Waals surface area contributed by atoms with Gasteiger partial charge < -0.3 is 20.7 Å². The highest BCUT2D eigenvalue weighted by Crippen LogP contribution is 2.21. The molecule has 1 aliphatic rings. The van der Waals surface area contributed by atoms with Crippen molar-refractivity contribution in [3.8, 4) is 0 Å². The molecule has 1 aliphatic carbocycles. The predicted molar refractivity (Wildman–Crippen MR) is 153 cm³/mol. The van der Waals surface area contributed by atoms with Crippen LogP contribution >= 0.6 is 0 Å². The molecule has 216 valence electrons. The number of hydrogen-bond acceptors (Lipinski definition) is 6. The number of ether oxygens (including phenoxy) is 1. The summed E-state index contributed by atoms with van der Waals surface area (Å²) in [6, 6.07) is 7.25. The molecule has 0 spiro atoms. The first-order valence-electron chi connectivity index (χ1n) is 14.5. The van der Waals surface area contributed by atoms with Gasteiger partial charge in [-0.15, -0.1) is 0 Å². The molecule has 1 aromatic carbocycles. The molecule has 2 amide bonds. The van der Waals surface area contributed by atoms with E-state index in [9.17, 15) is 18.0 Å². The molecule has 9 heteroatoms. The maximum atomic E-state index is 13.2. The minimum Gasteiger partial charge on any atom is -0.446 e. The monoisotopic (exact) mass is 551 g/mol. The molecule has 1 aromatic rings. The number of nitrogens with one attached hydrogen (secondary N) is 3. The van der Waals surface area contributed by atoms with E-state index in [1.807, 2.05) is 13.8 Å². The van der Waals surface area contributed by atoms with Gasteiger partial charge in [0.1, 0.15) is 12.1 Å². The Balaban J connectivity index is 1.91. The number of carbonyl (C=O) groups excluding carboxylic acids is 2. The smallest absolute Gasteiger partial charge is 0.408 e. The summed E-state index contributed by atoms with van der Waals surface area (Å²) in [6.07, 6.45) is 8.09. The van der Waals surface area contributed by atoms with Crippen molar-refractivity contribution in [1.82, 2.24) is 16.0 Å². The fourth-order valence-corrected chi connectivity index (χ4v) is 7.11. The quantitative estimate of drug-likeness (QED) is 0.243. The molecule has 1 atom stereocenters. The summed E-state index contributed by atoms with van der Waals surface area (Å²) in [5.74, 6) is -0.911. The average molecular weight is 552 g/mol. The average Bonchev–Trinajstić information content (AvgIpc) is 2.90. The molecular formula is C29H49N3O5S. The van der Waals surface area contributed by atoms with Gasteiger partial charge in [-0.05, 0) is 69.0 Å². The van der Waals surface area contributed by atoms with Crippen molar-refractivity contribution in [3.63, 3.8) is 0 Å². The molecule has 8 nitrogen and oxygen atoms in total. The van der Waals surface area contributed by atoms with Crippen LogP contribution in [0, 0.1) is 0 Å². The van der Waals surface area contributed by atoms with Crippen LogP contribution < -0.4 is 16.0 Å². The van der Waals surface area contributed by atoms with Crippen LogP contribution in [0.4, 0.5) is 4.79 Å². The summed E-state index contributed by atoms with van der Waals surface area (Å²) in [7, 11) is -3.59. The second-order valence-corrected chi connectivity index (χ2v) is 12.7. The van der Waals surface area contributed by atoms with E-state index in [-0.39, 0.29) is 6.10 Å². The van der Waals surface area contributed by atoms with Gasteiger partial charge in [-0.2, -0.15) is 0 Å². The van der Waals surface area contributed by atoms with Gasteiger partial charge in [-0.25, -0.2) is 13.2 Å². The predicted octanol–water partition coefficient (Wildman–Crippen LogP) is 4.66. The fourth-order valence-electron chi connectivity index (χ4n) is 4.95. The third kappa shape index (κ3) is 11.7. The highest BCUT2D eigenvalue weighted by Gasteiger charge is 2.33. The van der Waals surface area contributed by atoms with Crippen molar-refractivity contribution < 1.29 is 22.7 Å². The summed E-state index contributed by atoms with van der Waals surface area (Å²) >= 11 is 0. The molecule has 38 heavy (non-hydrogen) atoms. The highest BCUT2D eigenvalue weighted by molar-refractivity contribution is 7.92. The molecule has 1 unspecified atom stereocenters. The van der Waals surface area contributed by atoms with Crippen molar-refractivity contribution in [1.29, 1.82) is 0 Å². The SMILES string of the molecule is CCCC(CCC)S(=O)(=O)CC(NC(=O)OC1CCCCC1)C(=O)NCCCNCc1cccc(CC)c1. The molecule has 3 N–H and O–H groups in total. The van der Waals surface area contributed by atoms with E-state index in [0.29, 0.717) is 32.4 Å². The third-order valence-electron chi connectivity index (χ3n) is 7.12. The van der Waals surface area contributed by atoms with Gasteiger partial charge in [0.05, 0.1) is 11.0 Å². The van der Waals surface area contributed by atoms with Crippen molar-refractivity contribution in [2.75, 3.05) is 18.8 Å². The van der Waals surface area contributed by atoms with Gasteiger partial charge >= 0.3 is 6.09 Å². The number of alkyl carbamates (subject to hydrolysis) is 1. The molecule has 0 aliphatic heterocycles. The number of sulfone groups is 1. The lowest BCUT2D eigenvalue weighted by Gasteiger charge is -2.25. The van der Waals surface area contributed by atoms with E-state index in [0.717, 1.165) is 57.9 Å². The molecule has 1 fully saturated rings. The number of hydrogen-bond donors (Lipinski definition) is 3. The van der Waals surface area contributed by atoms with Crippen LogP contribution in [0.5, 0.6) is 0 Å². The lowest BCUT2D eigenvalue weighted by molar-refractivity contribution is -0.122.